The highest BCUT2D eigenvalue weighted by atomic mass is 32.1. The number of rotatable bonds is 2. The van der Waals surface area contributed by atoms with Gasteiger partial charge in [0.1, 0.15) is 0 Å². The quantitative estimate of drug-likeness (QED) is 0.803. The van der Waals surface area contributed by atoms with Gasteiger partial charge < -0.3 is 15.1 Å². The molecule has 0 spiro atoms. The third-order valence-electron chi connectivity index (χ3n) is 3.03. The summed E-state index contributed by atoms with van der Waals surface area (Å²) in [6.07, 6.45) is 4.12. The lowest BCUT2D eigenvalue weighted by Gasteiger charge is -2.34. The smallest absolute Gasteiger partial charge is 0.292 e. The molecule has 2 heterocycles. The van der Waals surface area contributed by atoms with Crippen LogP contribution < -0.4 is 5.73 Å². The molecule has 2 N–H and O–H groups in total. The molecule has 1 aromatic heterocycles. The van der Waals surface area contributed by atoms with Crippen LogP contribution in [0.1, 0.15) is 35.5 Å². The van der Waals surface area contributed by atoms with Crippen LogP contribution in [0.5, 0.6) is 0 Å². The van der Waals surface area contributed by atoms with Gasteiger partial charge in [-0.3, -0.25) is 4.79 Å². The number of oxazole rings is 1. The van der Waals surface area contributed by atoms with Crippen LogP contribution in [0, 0.1) is 6.92 Å². The predicted molar refractivity (Wildman–Crippen MR) is 66.7 cm³/mol. The fourth-order valence-electron chi connectivity index (χ4n) is 2.11. The zero-order valence-electron chi connectivity index (χ0n) is 9.68. The van der Waals surface area contributed by atoms with Gasteiger partial charge in [0.2, 0.25) is 5.76 Å². The molecule has 1 fully saturated rings. The Hall–Kier alpha value is -1.43. The van der Waals surface area contributed by atoms with Crippen LogP contribution in [-0.4, -0.2) is 33.4 Å². The number of carbonyl (C=O) groups is 1. The molecule has 6 heteroatoms. The topological polar surface area (TPSA) is 72.4 Å². The first kappa shape index (κ1) is 12.0. The molecule has 1 amide bonds. The number of thiocarbonyl (C=S) groups is 1. The monoisotopic (exact) mass is 253 g/mol. The minimum absolute atomic E-state index is 0.157. The molecule has 1 saturated heterocycles. The highest BCUT2D eigenvalue weighted by Crippen LogP contribution is 2.21. The minimum Gasteiger partial charge on any atom is -0.438 e. The molecule has 0 bridgehead atoms. The van der Waals surface area contributed by atoms with Crippen LogP contribution in [0.3, 0.4) is 0 Å². The molecule has 1 aliphatic heterocycles. The van der Waals surface area contributed by atoms with Crippen LogP contribution in [0.2, 0.25) is 0 Å². The number of amides is 1. The Morgan fingerprint density at radius 3 is 3.00 bits per heavy atom. The van der Waals surface area contributed by atoms with E-state index in [4.69, 9.17) is 22.4 Å². The summed E-state index contributed by atoms with van der Waals surface area (Å²) < 4.78 is 5.12. The van der Waals surface area contributed by atoms with E-state index in [9.17, 15) is 4.79 Å². The highest BCUT2D eigenvalue weighted by Gasteiger charge is 2.31. The number of carbonyl (C=O) groups excluding carboxylic acids is 1. The van der Waals surface area contributed by atoms with Crippen LogP contribution >= 0.6 is 12.2 Å². The van der Waals surface area contributed by atoms with Crippen LogP contribution in [0.4, 0.5) is 0 Å². The van der Waals surface area contributed by atoms with E-state index in [0.717, 1.165) is 19.3 Å². The van der Waals surface area contributed by atoms with Crippen molar-refractivity contribution in [1.82, 2.24) is 9.88 Å². The first-order valence-corrected chi connectivity index (χ1v) is 6.02. The molecule has 17 heavy (non-hydrogen) atoms. The lowest BCUT2D eigenvalue weighted by Crippen LogP contribution is -2.49. The Bertz CT molecular complexity index is 444. The molecule has 0 radical (unpaired) electrons. The van der Waals surface area contributed by atoms with Gasteiger partial charge in [-0.2, -0.15) is 0 Å². The van der Waals surface area contributed by atoms with Gasteiger partial charge in [-0.1, -0.05) is 12.2 Å². The zero-order chi connectivity index (χ0) is 12.4. The maximum atomic E-state index is 12.3. The van der Waals surface area contributed by atoms with E-state index in [-0.39, 0.29) is 17.7 Å². The van der Waals surface area contributed by atoms with Gasteiger partial charge in [0, 0.05) is 6.54 Å². The number of likely N-dealkylation sites (tertiary alicyclic amines) is 1. The van der Waals surface area contributed by atoms with Crippen molar-refractivity contribution in [2.75, 3.05) is 6.54 Å². The summed E-state index contributed by atoms with van der Waals surface area (Å²) in [5, 5.41) is 0. The van der Waals surface area contributed by atoms with Gasteiger partial charge in [-0.15, -0.1) is 0 Å². The number of hydrogen-bond donors (Lipinski definition) is 1. The second-order valence-electron chi connectivity index (χ2n) is 4.18. The van der Waals surface area contributed by atoms with Crippen molar-refractivity contribution in [2.45, 2.75) is 32.2 Å². The highest BCUT2D eigenvalue weighted by molar-refractivity contribution is 7.80. The Labute approximate surface area is 105 Å². The van der Waals surface area contributed by atoms with Crippen LogP contribution in [0.15, 0.2) is 10.8 Å². The molecule has 2 rings (SSSR count). The molecular weight excluding hydrogens is 238 g/mol. The normalized spacial score (nSPS) is 20.3. The average Bonchev–Trinajstić information content (AvgIpc) is 2.74. The third-order valence-corrected chi connectivity index (χ3v) is 3.30. The maximum Gasteiger partial charge on any atom is 0.292 e. The van der Waals surface area contributed by atoms with Gasteiger partial charge in [0.25, 0.3) is 5.91 Å². The second-order valence-corrected chi connectivity index (χ2v) is 4.65. The summed E-state index contributed by atoms with van der Waals surface area (Å²) in [7, 11) is 0. The standard InChI is InChI=1S/C11H15N3O2S/c1-7-9(16-6-13-7)11(15)14-5-3-2-4-8(14)10(12)17/h6,8H,2-5H2,1H3,(H2,12,17). The summed E-state index contributed by atoms with van der Waals surface area (Å²) >= 11 is 5.01. The molecule has 0 aromatic carbocycles. The van der Waals surface area contributed by atoms with Gasteiger partial charge in [-0.25, -0.2) is 4.98 Å². The van der Waals surface area contributed by atoms with Crippen molar-refractivity contribution in [1.29, 1.82) is 0 Å². The number of piperidine rings is 1. The van der Waals surface area contributed by atoms with E-state index >= 15 is 0 Å². The van der Waals surface area contributed by atoms with Crippen molar-refractivity contribution < 1.29 is 9.21 Å². The number of hydrogen-bond acceptors (Lipinski definition) is 4. The Kier molecular flexibility index (Phi) is 3.42. The largest absolute Gasteiger partial charge is 0.438 e. The molecule has 0 saturated carbocycles. The predicted octanol–water partition coefficient (Wildman–Crippen LogP) is 1.26. The van der Waals surface area contributed by atoms with E-state index < -0.39 is 0 Å². The van der Waals surface area contributed by atoms with E-state index in [2.05, 4.69) is 4.98 Å². The van der Waals surface area contributed by atoms with Gasteiger partial charge in [-0.05, 0) is 26.2 Å². The van der Waals surface area contributed by atoms with Crippen molar-refractivity contribution >= 4 is 23.1 Å². The molecule has 5 nitrogen and oxygen atoms in total. The number of aromatic nitrogens is 1. The third kappa shape index (κ3) is 2.31. The minimum atomic E-state index is -0.169. The van der Waals surface area contributed by atoms with E-state index in [1.165, 1.54) is 6.39 Å². The summed E-state index contributed by atoms with van der Waals surface area (Å²) in [6.45, 7) is 2.41. The molecule has 1 aliphatic rings. The second kappa shape index (κ2) is 4.83. The van der Waals surface area contributed by atoms with E-state index in [1.54, 1.807) is 11.8 Å². The molecule has 0 aliphatic carbocycles. The maximum absolute atomic E-state index is 12.3. The fourth-order valence-corrected chi connectivity index (χ4v) is 2.35. The lowest BCUT2D eigenvalue weighted by atomic mass is 10.0. The van der Waals surface area contributed by atoms with Crippen LogP contribution in [-0.2, 0) is 0 Å². The van der Waals surface area contributed by atoms with Crippen molar-refractivity contribution in [3.63, 3.8) is 0 Å². The Morgan fingerprint density at radius 2 is 2.41 bits per heavy atom. The number of aryl methyl sites for hydroxylation is 1. The average molecular weight is 253 g/mol. The van der Waals surface area contributed by atoms with Gasteiger partial charge in [0.15, 0.2) is 6.39 Å². The Balaban J connectivity index is 2.23. The summed E-state index contributed by atoms with van der Waals surface area (Å²) in [4.78, 5) is 18.3. The van der Waals surface area contributed by atoms with Crippen molar-refractivity contribution in [3.8, 4) is 0 Å². The first-order chi connectivity index (χ1) is 8.11. The SMILES string of the molecule is Cc1ncoc1C(=O)N1CCCCC1C(N)=S. The van der Waals surface area contributed by atoms with E-state index in [0.29, 0.717) is 17.2 Å². The Morgan fingerprint density at radius 1 is 1.65 bits per heavy atom. The number of nitrogens with zero attached hydrogens (tertiary/aromatic N) is 2. The molecule has 1 unspecified atom stereocenters. The fraction of sp³-hybridized carbons (Fsp3) is 0.545. The van der Waals surface area contributed by atoms with Crippen LogP contribution in [0.25, 0.3) is 0 Å². The first-order valence-electron chi connectivity index (χ1n) is 5.61. The summed E-state index contributed by atoms with van der Waals surface area (Å²) in [6, 6.07) is -0.157. The molecule has 1 atom stereocenters. The lowest BCUT2D eigenvalue weighted by molar-refractivity contribution is 0.0648. The molecule has 92 valence electrons. The number of nitrogens with two attached hydrogens (primary N) is 1. The molecular formula is C11H15N3O2S. The summed E-state index contributed by atoms with van der Waals surface area (Å²) in [5.41, 5.74) is 6.28. The van der Waals surface area contributed by atoms with E-state index in [1.807, 2.05) is 0 Å². The van der Waals surface area contributed by atoms with Gasteiger partial charge >= 0.3 is 0 Å². The molecule has 1 aromatic rings. The van der Waals surface area contributed by atoms with Gasteiger partial charge in [0.05, 0.1) is 16.7 Å². The van der Waals surface area contributed by atoms with Crippen molar-refractivity contribution in [3.05, 3.63) is 17.8 Å². The van der Waals surface area contributed by atoms with Crippen molar-refractivity contribution in [2.24, 2.45) is 5.73 Å². The zero-order valence-corrected chi connectivity index (χ0v) is 10.5. The summed E-state index contributed by atoms with van der Waals surface area (Å²) in [5.74, 6) is 0.116.